The third kappa shape index (κ3) is 4.77. The smallest absolute Gasteiger partial charge is 0.282 e. The summed E-state index contributed by atoms with van der Waals surface area (Å²) in [5, 5.41) is 2.13. The quantitative estimate of drug-likeness (QED) is 0.344. The second-order valence-corrected chi connectivity index (χ2v) is 8.42. The van der Waals surface area contributed by atoms with Crippen molar-refractivity contribution in [3.05, 3.63) is 97.9 Å². The molecule has 8 heteroatoms. The second-order valence-electron chi connectivity index (χ2n) is 6.69. The molecule has 0 spiro atoms. The zero-order valence-electron chi connectivity index (χ0n) is 15.9. The van der Waals surface area contributed by atoms with Gasteiger partial charge in [0.15, 0.2) is 0 Å². The Balaban J connectivity index is 1.61. The van der Waals surface area contributed by atoms with Crippen LogP contribution < -0.4 is 15.2 Å². The normalized spacial score (nSPS) is 14.8. The molecule has 0 aliphatic carbocycles. The highest BCUT2D eigenvalue weighted by Gasteiger charge is 2.34. The maximum atomic E-state index is 12.9. The van der Waals surface area contributed by atoms with Gasteiger partial charge >= 0.3 is 0 Å². The summed E-state index contributed by atoms with van der Waals surface area (Å²) in [5.74, 6) is -0.406. The second kappa shape index (κ2) is 9.14. The fourth-order valence-electron chi connectivity index (χ4n) is 3.03. The van der Waals surface area contributed by atoms with Crippen molar-refractivity contribution >= 4 is 62.7 Å². The molecule has 0 bridgehead atoms. The van der Waals surface area contributed by atoms with E-state index in [4.69, 9.17) is 27.9 Å². The van der Waals surface area contributed by atoms with Crippen LogP contribution in [0, 0.1) is 0 Å². The summed E-state index contributed by atoms with van der Waals surface area (Å²) < 4.78 is 6.73. The van der Waals surface area contributed by atoms with Crippen molar-refractivity contribution in [1.82, 2.24) is 5.43 Å². The number of hydrazine groups is 1. The van der Waals surface area contributed by atoms with Crippen LogP contribution in [0.2, 0.25) is 10.0 Å². The molecular weight excluding hydrogens is 503 g/mol. The van der Waals surface area contributed by atoms with Crippen LogP contribution in [0.25, 0.3) is 6.08 Å². The first-order valence-corrected chi connectivity index (χ1v) is 10.8. The number of nitrogens with one attached hydrogen (secondary N) is 1. The fourth-order valence-corrected chi connectivity index (χ4v) is 3.73. The summed E-state index contributed by atoms with van der Waals surface area (Å²) in [6.07, 6.45) is 1.52. The van der Waals surface area contributed by atoms with Crippen LogP contribution in [-0.2, 0) is 16.2 Å². The number of benzene rings is 3. The van der Waals surface area contributed by atoms with Gasteiger partial charge in [0.1, 0.15) is 17.9 Å². The number of carbonyl (C=O) groups is 2. The first-order valence-electron chi connectivity index (χ1n) is 9.21. The van der Waals surface area contributed by atoms with E-state index in [1.165, 1.54) is 11.1 Å². The van der Waals surface area contributed by atoms with Crippen molar-refractivity contribution in [2.24, 2.45) is 0 Å². The fraction of sp³-hybridized carbons (Fsp3) is 0.0435. The summed E-state index contributed by atoms with van der Waals surface area (Å²) in [7, 11) is 0. The van der Waals surface area contributed by atoms with E-state index >= 15 is 0 Å². The molecule has 1 aliphatic heterocycles. The lowest BCUT2D eigenvalue weighted by atomic mass is 10.1. The SMILES string of the molecule is O=C1NN(c2ccccc2)C(=O)/C1=C/c1cc(Br)ccc1OCc1ccc(Cl)c(Cl)c1. The van der Waals surface area contributed by atoms with E-state index in [1.807, 2.05) is 18.2 Å². The van der Waals surface area contributed by atoms with Crippen molar-refractivity contribution < 1.29 is 14.3 Å². The lowest BCUT2D eigenvalue weighted by Gasteiger charge is -2.14. The molecule has 0 aromatic heterocycles. The first kappa shape index (κ1) is 21.4. The highest BCUT2D eigenvalue weighted by molar-refractivity contribution is 9.10. The number of carbonyl (C=O) groups excluding carboxylic acids is 2. The average molecular weight is 518 g/mol. The molecule has 31 heavy (non-hydrogen) atoms. The zero-order valence-corrected chi connectivity index (χ0v) is 19.0. The standard InChI is InChI=1S/C23H15BrCl2N2O3/c24-16-7-9-21(31-13-14-6-8-19(25)20(26)10-14)15(11-16)12-18-22(29)27-28(23(18)30)17-4-2-1-3-5-17/h1-12H,13H2,(H,27,29)/b18-12+. The number of anilines is 1. The van der Waals surface area contributed by atoms with Gasteiger partial charge in [-0.2, -0.15) is 0 Å². The van der Waals surface area contributed by atoms with Gasteiger partial charge in [-0.1, -0.05) is 63.4 Å². The van der Waals surface area contributed by atoms with Gasteiger partial charge in [-0.05, 0) is 54.1 Å². The largest absolute Gasteiger partial charge is 0.488 e. The van der Waals surface area contributed by atoms with Crippen LogP contribution in [-0.4, -0.2) is 11.8 Å². The molecule has 156 valence electrons. The molecule has 0 atom stereocenters. The molecule has 3 aromatic rings. The Labute approximate surface area is 197 Å². The van der Waals surface area contributed by atoms with Gasteiger partial charge in [0, 0.05) is 10.0 Å². The van der Waals surface area contributed by atoms with Gasteiger partial charge in [-0.3, -0.25) is 15.0 Å². The molecule has 3 aromatic carbocycles. The zero-order chi connectivity index (χ0) is 22.0. The number of hydrogen-bond acceptors (Lipinski definition) is 3. The average Bonchev–Trinajstić information content (AvgIpc) is 3.04. The molecule has 1 saturated heterocycles. The number of hydrogen-bond donors (Lipinski definition) is 1. The molecule has 1 N–H and O–H groups in total. The predicted octanol–water partition coefficient (Wildman–Crippen LogP) is 5.80. The molecule has 0 unspecified atom stereocenters. The highest BCUT2D eigenvalue weighted by Crippen LogP contribution is 2.29. The van der Waals surface area contributed by atoms with Crippen molar-refractivity contribution in [1.29, 1.82) is 0 Å². The summed E-state index contributed by atoms with van der Waals surface area (Å²) in [4.78, 5) is 25.4. The van der Waals surface area contributed by atoms with Crippen molar-refractivity contribution in [3.63, 3.8) is 0 Å². The molecular formula is C23H15BrCl2N2O3. The number of amides is 2. The minimum absolute atomic E-state index is 0.0151. The van der Waals surface area contributed by atoms with E-state index in [1.54, 1.807) is 48.5 Å². The van der Waals surface area contributed by atoms with Gasteiger partial charge in [0.25, 0.3) is 11.8 Å². The van der Waals surface area contributed by atoms with Crippen LogP contribution >= 0.6 is 39.1 Å². The molecule has 1 aliphatic rings. The van der Waals surface area contributed by atoms with Crippen molar-refractivity contribution in [2.45, 2.75) is 6.61 Å². The maximum absolute atomic E-state index is 12.9. The molecule has 1 heterocycles. The van der Waals surface area contributed by atoms with Gasteiger partial charge in [-0.15, -0.1) is 0 Å². The van der Waals surface area contributed by atoms with Gasteiger partial charge in [-0.25, -0.2) is 5.01 Å². The Bertz CT molecular complexity index is 1200. The Kier molecular flexibility index (Phi) is 6.32. The highest BCUT2D eigenvalue weighted by atomic mass is 79.9. The van der Waals surface area contributed by atoms with E-state index in [2.05, 4.69) is 21.4 Å². The first-order chi connectivity index (χ1) is 14.9. The minimum Gasteiger partial charge on any atom is -0.488 e. The monoisotopic (exact) mass is 516 g/mol. The van der Waals surface area contributed by atoms with E-state index in [0.717, 1.165) is 10.0 Å². The maximum Gasteiger partial charge on any atom is 0.282 e. The predicted molar refractivity (Wildman–Crippen MR) is 125 cm³/mol. The molecule has 2 amide bonds. The van der Waals surface area contributed by atoms with Gasteiger partial charge in [0.05, 0.1) is 15.7 Å². The van der Waals surface area contributed by atoms with E-state index < -0.39 is 11.8 Å². The topological polar surface area (TPSA) is 58.6 Å². The van der Waals surface area contributed by atoms with Crippen molar-refractivity contribution in [3.8, 4) is 5.75 Å². The summed E-state index contributed by atoms with van der Waals surface area (Å²) in [6.45, 7) is 0.241. The lowest BCUT2D eigenvalue weighted by molar-refractivity contribution is -0.117. The summed E-state index contributed by atoms with van der Waals surface area (Å²) >= 11 is 15.5. The third-order valence-corrected chi connectivity index (χ3v) is 5.79. The summed E-state index contributed by atoms with van der Waals surface area (Å²) in [6, 6.07) is 19.5. The Morgan fingerprint density at radius 1 is 0.968 bits per heavy atom. The number of ether oxygens (including phenoxy) is 1. The third-order valence-electron chi connectivity index (χ3n) is 4.56. The minimum atomic E-state index is -0.482. The number of halogens is 3. The number of nitrogens with zero attached hydrogens (tertiary/aromatic N) is 1. The summed E-state index contributed by atoms with van der Waals surface area (Å²) in [5.41, 5.74) is 4.60. The van der Waals surface area contributed by atoms with Crippen LogP contribution in [0.1, 0.15) is 11.1 Å². The van der Waals surface area contributed by atoms with Crippen LogP contribution in [0.15, 0.2) is 76.8 Å². The number of para-hydroxylation sites is 1. The molecule has 1 fully saturated rings. The van der Waals surface area contributed by atoms with E-state index in [9.17, 15) is 9.59 Å². The Hall–Kier alpha value is -2.80. The van der Waals surface area contributed by atoms with Gasteiger partial charge < -0.3 is 4.74 Å². The molecule has 4 rings (SSSR count). The van der Waals surface area contributed by atoms with Crippen molar-refractivity contribution in [2.75, 3.05) is 5.01 Å². The molecule has 0 saturated carbocycles. The Morgan fingerprint density at radius 3 is 2.48 bits per heavy atom. The van der Waals surface area contributed by atoms with Crippen LogP contribution in [0.5, 0.6) is 5.75 Å². The van der Waals surface area contributed by atoms with E-state index in [0.29, 0.717) is 27.0 Å². The molecule has 0 radical (unpaired) electrons. The van der Waals surface area contributed by atoms with Crippen LogP contribution in [0.4, 0.5) is 5.69 Å². The molecule has 5 nitrogen and oxygen atoms in total. The number of rotatable bonds is 5. The van der Waals surface area contributed by atoms with Gasteiger partial charge in [0.2, 0.25) is 0 Å². The van der Waals surface area contributed by atoms with Crippen LogP contribution in [0.3, 0.4) is 0 Å². The lowest BCUT2D eigenvalue weighted by Crippen LogP contribution is -2.35. The Morgan fingerprint density at radius 2 is 1.74 bits per heavy atom. The van der Waals surface area contributed by atoms with E-state index in [-0.39, 0.29) is 12.2 Å².